The van der Waals surface area contributed by atoms with Crippen LogP contribution in [0, 0.1) is 17.1 Å². The summed E-state index contributed by atoms with van der Waals surface area (Å²) >= 11 is 0. The number of carbonyl (C=O) groups excluding carboxylic acids is 2. The van der Waals surface area contributed by atoms with E-state index in [1.165, 1.54) is 12.1 Å². The molecule has 6 rings (SSSR count). The van der Waals surface area contributed by atoms with Gasteiger partial charge in [0.2, 0.25) is 5.91 Å². The van der Waals surface area contributed by atoms with E-state index >= 15 is 0 Å². The Bertz CT molecular complexity index is 1920. The van der Waals surface area contributed by atoms with Crippen molar-refractivity contribution in [2.24, 2.45) is 7.05 Å². The third-order valence-electron chi connectivity index (χ3n) is 8.15. The van der Waals surface area contributed by atoms with Gasteiger partial charge >= 0.3 is 0 Å². The number of carbonyl (C=O) groups is 2. The van der Waals surface area contributed by atoms with Crippen molar-refractivity contribution >= 4 is 22.7 Å². The van der Waals surface area contributed by atoms with Gasteiger partial charge in [-0.05, 0) is 79.3 Å². The zero-order valence-corrected chi connectivity index (χ0v) is 24.8. The normalized spacial score (nSPS) is 13.9. The van der Waals surface area contributed by atoms with Crippen LogP contribution in [0.15, 0.2) is 73.2 Å². The van der Waals surface area contributed by atoms with Crippen LogP contribution in [-0.4, -0.2) is 54.8 Å². The second-order valence-electron chi connectivity index (χ2n) is 12.0. The van der Waals surface area contributed by atoms with Crippen molar-refractivity contribution < 1.29 is 14.0 Å². The van der Waals surface area contributed by atoms with Gasteiger partial charge in [-0.3, -0.25) is 19.4 Å². The number of aromatic nitrogens is 4. The maximum atomic E-state index is 14.2. The first-order chi connectivity index (χ1) is 21.1. The van der Waals surface area contributed by atoms with Crippen LogP contribution >= 0.6 is 0 Å². The largest absolute Gasteiger partial charge is 0.349 e. The summed E-state index contributed by atoms with van der Waals surface area (Å²) in [7, 11) is 1.81. The van der Waals surface area contributed by atoms with Gasteiger partial charge in [-0.25, -0.2) is 4.39 Å². The first-order valence-electron chi connectivity index (χ1n) is 14.5. The van der Waals surface area contributed by atoms with Gasteiger partial charge in [-0.2, -0.15) is 15.5 Å². The summed E-state index contributed by atoms with van der Waals surface area (Å²) < 4.78 is 15.1. The molecule has 2 amide bonds. The number of nitrogens with one attached hydrogen (secondary N) is 2. The van der Waals surface area contributed by atoms with Gasteiger partial charge in [0, 0.05) is 48.3 Å². The highest BCUT2D eigenvalue weighted by molar-refractivity contribution is 6.02. The van der Waals surface area contributed by atoms with E-state index in [0.717, 1.165) is 38.7 Å². The monoisotopic (exact) mass is 589 g/mol. The van der Waals surface area contributed by atoms with Crippen molar-refractivity contribution in [2.75, 3.05) is 6.54 Å². The molecule has 3 aromatic carbocycles. The van der Waals surface area contributed by atoms with Crippen molar-refractivity contribution in [3.63, 3.8) is 0 Å². The molecular formula is C34H32FN7O2. The summed E-state index contributed by atoms with van der Waals surface area (Å²) in [5, 5.41) is 25.2. The molecule has 0 bridgehead atoms. The molecule has 44 heavy (non-hydrogen) atoms. The topological polar surface area (TPSA) is 120 Å². The Morgan fingerprint density at radius 1 is 1.11 bits per heavy atom. The predicted molar refractivity (Wildman–Crippen MR) is 164 cm³/mol. The Balaban J connectivity index is 1.32. The molecule has 1 unspecified atom stereocenters. The summed E-state index contributed by atoms with van der Waals surface area (Å²) in [5.74, 6) is -0.826. The van der Waals surface area contributed by atoms with Crippen LogP contribution < -0.4 is 5.32 Å². The molecule has 1 atom stereocenters. The Labute approximate surface area is 254 Å². The Morgan fingerprint density at radius 3 is 2.61 bits per heavy atom. The minimum atomic E-state index is -0.784. The molecule has 0 fully saturated rings. The molecule has 0 saturated heterocycles. The quantitative estimate of drug-likeness (QED) is 0.271. The van der Waals surface area contributed by atoms with E-state index in [2.05, 4.69) is 26.7 Å². The second kappa shape index (κ2) is 11.4. The van der Waals surface area contributed by atoms with Gasteiger partial charge in [0.25, 0.3) is 5.91 Å². The molecular weight excluding hydrogens is 557 g/mol. The molecule has 222 valence electrons. The van der Waals surface area contributed by atoms with Gasteiger partial charge in [0.05, 0.1) is 29.5 Å². The number of nitrogens with zero attached hydrogens (tertiary/aromatic N) is 5. The molecule has 2 aromatic heterocycles. The number of aryl methyl sites for hydroxylation is 1. The van der Waals surface area contributed by atoms with Gasteiger partial charge < -0.3 is 10.2 Å². The number of fused-ring (bicyclic) bond motifs is 2. The molecule has 0 radical (unpaired) electrons. The highest BCUT2D eigenvalue weighted by atomic mass is 19.1. The van der Waals surface area contributed by atoms with Crippen LogP contribution in [0.1, 0.15) is 46.5 Å². The lowest BCUT2D eigenvalue weighted by Crippen LogP contribution is -2.57. The van der Waals surface area contributed by atoms with E-state index in [-0.39, 0.29) is 17.6 Å². The van der Waals surface area contributed by atoms with Crippen molar-refractivity contribution in [1.29, 1.82) is 5.26 Å². The number of hydrogen-bond donors (Lipinski definition) is 2. The summed E-state index contributed by atoms with van der Waals surface area (Å²) in [5.41, 5.74) is 5.25. The van der Waals surface area contributed by atoms with Gasteiger partial charge in [0.15, 0.2) is 0 Å². The average Bonchev–Trinajstić information content (AvgIpc) is 3.64. The highest BCUT2D eigenvalue weighted by Gasteiger charge is 2.37. The number of halogens is 1. The summed E-state index contributed by atoms with van der Waals surface area (Å²) in [4.78, 5) is 29.8. The van der Waals surface area contributed by atoms with E-state index in [9.17, 15) is 19.2 Å². The SMILES string of the molecule is Cn1cc(CC(C(=O)NC(C)(C)Cc2ccc(F)cc2)N2CCc3c(cccc3-c3cc4cn[nH]c4cc3C#N)C2=O)cn1. The lowest BCUT2D eigenvalue weighted by Gasteiger charge is -2.37. The van der Waals surface area contributed by atoms with Crippen molar-refractivity contribution in [1.82, 2.24) is 30.2 Å². The van der Waals surface area contributed by atoms with E-state index in [1.54, 1.807) is 46.2 Å². The number of benzene rings is 3. The lowest BCUT2D eigenvalue weighted by molar-refractivity contribution is -0.127. The average molecular weight is 590 g/mol. The van der Waals surface area contributed by atoms with E-state index in [4.69, 9.17) is 0 Å². The maximum absolute atomic E-state index is 14.2. The molecule has 1 aliphatic rings. The van der Waals surface area contributed by atoms with Crippen LogP contribution in [-0.2, 0) is 31.1 Å². The van der Waals surface area contributed by atoms with E-state index in [1.807, 2.05) is 45.3 Å². The van der Waals surface area contributed by atoms with Crippen LogP contribution in [0.25, 0.3) is 22.0 Å². The lowest BCUT2D eigenvalue weighted by atomic mass is 9.87. The molecule has 5 aromatic rings. The minimum Gasteiger partial charge on any atom is -0.349 e. The molecule has 0 saturated carbocycles. The van der Waals surface area contributed by atoms with Crippen molar-refractivity contribution in [3.05, 3.63) is 107 Å². The molecule has 10 heteroatoms. The molecule has 2 N–H and O–H groups in total. The zero-order chi connectivity index (χ0) is 31.0. The first kappa shape index (κ1) is 28.8. The molecule has 1 aliphatic heterocycles. The number of H-pyrrole nitrogens is 1. The fourth-order valence-corrected chi connectivity index (χ4v) is 6.12. The standard InChI is InChI=1S/C34H32FN7O2/c1-34(2,16-21-7-9-25(35)10-8-21)39-32(43)31(13-22-18-38-41(3)20-22)42-12-11-27-26(5-4-6-28(27)33(42)44)29-14-24-19-37-40-30(24)15-23(29)17-36/h4-10,14-15,18-20,31H,11-13,16H2,1-3H3,(H,37,40)(H,39,43). The molecule has 3 heterocycles. The minimum absolute atomic E-state index is 0.239. The fourth-order valence-electron chi connectivity index (χ4n) is 6.12. The van der Waals surface area contributed by atoms with Crippen LogP contribution in [0.4, 0.5) is 4.39 Å². The van der Waals surface area contributed by atoms with E-state index in [0.29, 0.717) is 36.9 Å². The number of amides is 2. The fraction of sp³-hybridized carbons (Fsp3) is 0.265. The smallest absolute Gasteiger partial charge is 0.254 e. The summed E-state index contributed by atoms with van der Waals surface area (Å²) in [6.07, 6.45) is 6.56. The molecule has 0 spiro atoms. The van der Waals surface area contributed by atoms with Gasteiger partial charge in [0.1, 0.15) is 11.9 Å². The molecule has 0 aliphatic carbocycles. The first-order valence-corrected chi connectivity index (χ1v) is 14.5. The predicted octanol–water partition coefficient (Wildman–Crippen LogP) is 4.72. The number of rotatable bonds is 8. The third kappa shape index (κ3) is 5.69. The maximum Gasteiger partial charge on any atom is 0.254 e. The Kier molecular flexibility index (Phi) is 7.47. The zero-order valence-electron chi connectivity index (χ0n) is 24.8. The van der Waals surface area contributed by atoms with Crippen LogP contribution in [0.5, 0.6) is 0 Å². The third-order valence-corrected chi connectivity index (χ3v) is 8.15. The van der Waals surface area contributed by atoms with Crippen molar-refractivity contribution in [2.45, 2.75) is 44.7 Å². The summed E-state index contributed by atoms with van der Waals surface area (Å²) in [6, 6.07) is 17.0. The van der Waals surface area contributed by atoms with Crippen LogP contribution in [0.2, 0.25) is 0 Å². The second-order valence-corrected chi connectivity index (χ2v) is 12.0. The number of nitriles is 1. The highest BCUT2D eigenvalue weighted by Crippen LogP contribution is 2.35. The molecule has 9 nitrogen and oxygen atoms in total. The van der Waals surface area contributed by atoms with E-state index < -0.39 is 11.6 Å². The van der Waals surface area contributed by atoms with Crippen molar-refractivity contribution in [3.8, 4) is 17.2 Å². The Hall–Kier alpha value is -5.30. The number of hydrogen-bond acceptors (Lipinski definition) is 5. The van der Waals surface area contributed by atoms with Gasteiger partial charge in [-0.15, -0.1) is 0 Å². The Morgan fingerprint density at radius 2 is 1.89 bits per heavy atom. The summed E-state index contributed by atoms with van der Waals surface area (Å²) in [6.45, 7) is 4.16. The number of aromatic amines is 1. The van der Waals surface area contributed by atoms with Crippen LogP contribution in [0.3, 0.4) is 0 Å². The van der Waals surface area contributed by atoms with Gasteiger partial charge in [-0.1, -0.05) is 24.3 Å².